The van der Waals surface area contributed by atoms with Crippen molar-refractivity contribution in [2.45, 2.75) is 53.1 Å². The largest absolute Gasteiger partial charge is 0.354 e. The maximum atomic E-state index is 13.5. The second-order valence-electron chi connectivity index (χ2n) is 8.58. The van der Waals surface area contributed by atoms with Crippen molar-refractivity contribution < 1.29 is 22.4 Å². The van der Waals surface area contributed by atoms with Gasteiger partial charge in [-0.1, -0.05) is 31.5 Å². The minimum atomic E-state index is -3.79. The molecule has 0 fully saturated rings. The number of rotatable bonds is 11. The van der Waals surface area contributed by atoms with E-state index < -0.39 is 34.3 Å². The van der Waals surface area contributed by atoms with E-state index in [0.29, 0.717) is 17.8 Å². The van der Waals surface area contributed by atoms with Crippen LogP contribution in [0.15, 0.2) is 42.5 Å². The van der Waals surface area contributed by atoms with Gasteiger partial charge in [0.15, 0.2) is 0 Å². The molecule has 0 radical (unpaired) electrons. The number of nitrogens with one attached hydrogen (secondary N) is 1. The highest BCUT2D eigenvalue weighted by molar-refractivity contribution is 7.92. The Kier molecular flexibility index (Phi) is 9.61. The molecule has 0 aromatic heterocycles. The summed E-state index contributed by atoms with van der Waals surface area (Å²) in [5, 5.41) is 2.82. The number of carbonyl (C=O) groups is 2. The average Bonchev–Trinajstić information content (AvgIpc) is 2.75. The Morgan fingerprint density at radius 2 is 1.65 bits per heavy atom. The number of halogens is 1. The van der Waals surface area contributed by atoms with Crippen molar-refractivity contribution in [3.63, 3.8) is 0 Å². The molecule has 7 nitrogen and oxygen atoms in total. The summed E-state index contributed by atoms with van der Waals surface area (Å²) in [5.74, 6) is -1.28. The van der Waals surface area contributed by atoms with Crippen molar-refractivity contribution >= 4 is 27.5 Å². The summed E-state index contributed by atoms with van der Waals surface area (Å²) in [6, 6.07) is 10.1. The Morgan fingerprint density at radius 1 is 1.06 bits per heavy atom. The molecule has 0 spiro atoms. The van der Waals surface area contributed by atoms with Crippen LogP contribution in [0.5, 0.6) is 0 Å². The van der Waals surface area contributed by atoms with E-state index in [1.165, 1.54) is 29.2 Å². The molecule has 9 heteroatoms. The van der Waals surface area contributed by atoms with E-state index in [4.69, 9.17) is 0 Å². The minimum Gasteiger partial charge on any atom is -0.354 e. The van der Waals surface area contributed by atoms with Crippen LogP contribution in [0.4, 0.5) is 10.1 Å². The maximum absolute atomic E-state index is 13.5. The SMILES string of the molecule is CCCCNC(=O)[C@@H](C)N(Cc1ccc(F)cc1)C(=O)CN(c1cc(C)cc(C)c1)S(C)(=O)=O. The van der Waals surface area contributed by atoms with Crippen LogP contribution in [0.2, 0.25) is 0 Å². The van der Waals surface area contributed by atoms with Crippen LogP contribution in [0.1, 0.15) is 43.4 Å². The van der Waals surface area contributed by atoms with Gasteiger partial charge >= 0.3 is 0 Å². The van der Waals surface area contributed by atoms with E-state index in [2.05, 4.69) is 5.32 Å². The second kappa shape index (κ2) is 12.0. The van der Waals surface area contributed by atoms with Crippen molar-refractivity contribution in [1.82, 2.24) is 10.2 Å². The third-order valence-corrected chi connectivity index (χ3v) is 6.58. The quantitative estimate of drug-likeness (QED) is 0.487. The molecule has 0 bridgehead atoms. The van der Waals surface area contributed by atoms with Gasteiger partial charge in [0.05, 0.1) is 11.9 Å². The molecule has 0 unspecified atom stereocenters. The van der Waals surface area contributed by atoms with Gasteiger partial charge in [0, 0.05) is 13.1 Å². The Balaban J connectivity index is 2.37. The number of nitrogens with zero attached hydrogens (tertiary/aromatic N) is 2. The first-order valence-electron chi connectivity index (χ1n) is 11.3. The summed E-state index contributed by atoms with van der Waals surface area (Å²) in [6.07, 6.45) is 2.76. The molecule has 2 aromatic carbocycles. The average molecular weight is 492 g/mol. The van der Waals surface area contributed by atoms with Crippen molar-refractivity contribution in [2.24, 2.45) is 0 Å². The molecule has 1 N–H and O–H groups in total. The lowest BCUT2D eigenvalue weighted by molar-refractivity contribution is -0.139. The first-order chi connectivity index (χ1) is 15.9. The third-order valence-electron chi connectivity index (χ3n) is 5.44. The highest BCUT2D eigenvalue weighted by Gasteiger charge is 2.30. The van der Waals surface area contributed by atoms with Gasteiger partial charge in [0.25, 0.3) is 0 Å². The van der Waals surface area contributed by atoms with Crippen LogP contribution in [-0.4, -0.2) is 50.5 Å². The summed E-state index contributed by atoms with van der Waals surface area (Å²) in [4.78, 5) is 27.5. The molecule has 0 saturated carbocycles. The zero-order chi connectivity index (χ0) is 25.5. The van der Waals surface area contributed by atoms with Gasteiger partial charge in [-0.25, -0.2) is 12.8 Å². The molecule has 0 aliphatic carbocycles. The Morgan fingerprint density at radius 3 is 2.18 bits per heavy atom. The monoisotopic (exact) mass is 491 g/mol. The molecule has 2 aromatic rings. The van der Waals surface area contributed by atoms with E-state index in [1.807, 2.05) is 26.8 Å². The summed E-state index contributed by atoms with van der Waals surface area (Å²) in [6.45, 7) is 7.36. The fourth-order valence-corrected chi connectivity index (χ4v) is 4.45. The van der Waals surface area contributed by atoms with Crippen LogP contribution in [0.3, 0.4) is 0 Å². The van der Waals surface area contributed by atoms with Crippen LogP contribution in [0, 0.1) is 19.7 Å². The lowest BCUT2D eigenvalue weighted by Crippen LogP contribution is -2.51. The van der Waals surface area contributed by atoms with Gasteiger partial charge in [0.2, 0.25) is 21.8 Å². The number of sulfonamides is 1. The van der Waals surface area contributed by atoms with Crippen molar-refractivity contribution in [3.8, 4) is 0 Å². The number of benzene rings is 2. The fourth-order valence-electron chi connectivity index (χ4n) is 3.61. The predicted octanol–water partition coefficient (Wildman–Crippen LogP) is 3.54. The normalized spacial score (nSPS) is 12.2. The van der Waals surface area contributed by atoms with E-state index >= 15 is 0 Å². The zero-order valence-corrected chi connectivity index (χ0v) is 21.3. The van der Waals surface area contributed by atoms with Gasteiger partial charge < -0.3 is 10.2 Å². The maximum Gasteiger partial charge on any atom is 0.244 e. The Bertz CT molecular complexity index is 1080. The molecule has 0 aliphatic rings. The van der Waals surface area contributed by atoms with E-state index in [0.717, 1.165) is 34.5 Å². The van der Waals surface area contributed by atoms with E-state index in [-0.39, 0.29) is 12.5 Å². The number of carbonyl (C=O) groups excluding carboxylic acids is 2. The number of hydrogen-bond donors (Lipinski definition) is 1. The molecule has 186 valence electrons. The minimum absolute atomic E-state index is 0.0337. The number of unbranched alkanes of at least 4 members (excludes halogenated alkanes) is 1. The highest BCUT2D eigenvalue weighted by atomic mass is 32.2. The van der Waals surface area contributed by atoms with Gasteiger partial charge in [-0.2, -0.15) is 0 Å². The van der Waals surface area contributed by atoms with Gasteiger partial charge in [-0.05, 0) is 68.1 Å². The van der Waals surface area contributed by atoms with E-state index in [1.54, 1.807) is 19.1 Å². The second-order valence-corrected chi connectivity index (χ2v) is 10.5. The molecule has 0 saturated heterocycles. The summed E-state index contributed by atoms with van der Waals surface area (Å²) in [7, 11) is -3.79. The van der Waals surface area contributed by atoms with Crippen LogP contribution in [-0.2, 0) is 26.2 Å². The van der Waals surface area contributed by atoms with Crippen LogP contribution in [0.25, 0.3) is 0 Å². The summed E-state index contributed by atoms with van der Waals surface area (Å²) >= 11 is 0. The standard InChI is InChI=1S/C25H34FN3O4S/c1-6-7-12-27-25(31)20(4)28(16-21-8-10-22(26)11-9-21)24(30)17-29(34(5,32)33)23-14-18(2)13-19(3)15-23/h8-11,13-15,20H,6-7,12,16-17H2,1-5H3,(H,27,31)/t20-/m1/s1. The molecule has 2 rings (SSSR count). The number of amides is 2. The van der Waals surface area contributed by atoms with Crippen molar-refractivity contribution in [3.05, 3.63) is 65.0 Å². The lowest BCUT2D eigenvalue weighted by atomic mass is 10.1. The molecule has 1 atom stereocenters. The van der Waals surface area contributed by atoms with Gasteiger partial charge in [-0.3, -0.25) is 13.9 Å². The Labute approximate surface area is 202 Å². The van der Waals surface area contributed by atoms with E-state index in [9.17, 15) is 22.4 Å². The number of aryl methyl sites for hydroxylation is 2. The summed E-state index contributed by atoms with van der Waals surface area (Å²) in [5.41, 5.74) is 2.74. The third kappa shape index (κ3) is 7.83. The predicted molar refractivity (Wildman–Crippen MR) is 132 cm³/mol. The zero-order valence-electron chi connectivity index (χ0n) is 20.5. The molecule has 0 heterocycles. The van der Waals surface area contributed by atoms with Gasteiger partial charge in [0.1, 0.15) is 18.4 Å². The van der Waals surface area contributed by atoms with Crippen molar-refractivity contribution in [1.29, 1.82) is 0 Å². The Hall–Kier alpha value is -2.94. The molecular formula is C25H34FN3O4S. The first-order valence-corrected chi connectivity index (χ1v) is 13.1. The lowest BCUT2D eigenvalue weighted by Gasteiger charge is -2.31. The number of anilines is 1. The van der Waals surface area contributed by atoms with Crippen LogP contribution >= 0.6 is 0 Å². The molecule has 0 aliphatic heterocycles. The first kappa shape index (κ1) is 27.3. The molecular weight excluding hydrogens is 457 g/mol. The van der Waals surface area contributed by atoms with Gasteiger partial charge in [-0.15, -0.1) is 0 Å². The fraction of sp³-hybridized carbons (Fsp3) is 0.440. The highest BCUT2D eigenvalue weighted by Crippen LogP contribution is 2.22. The summed E-state index contributed by atoms with van der Waals surface area (Å²) < 4.78 is 39.7. The topological polar surface area (TPSA) is 86.8 Å². The van der Waals surface area contributed by atoms with Crippen molar-refractivity contribution in [2.75, 3.05) is 23.7 Å². The smallest absolute Gasteiger partial charge is 0.244 e. The molecule has 2 amide bonds. The van der Waals surface area contributed by atoms with Crippen LogP contribution < -0.4 is 9.62 Å². The molecule has 34 heavy (non-hydrogen) atoms. The number of hydrogen-bond acceptors (Lipinski definition) is 4.